The van der Waals surface area contributed by atoms with Gasteiger partial charge in [-0.1, -0.05) is 13.0 Å². The first-order valence-corrected chi connectivity index (χ1v) is 5.46. The number of amides is 1. The minimum atomic E-state index is -0.678. The summed E-state index contributed by atoms with van der Waals surface area (Å²) in [5.41, 5.74) is 5.78. The summed E-state index contributed by atoms with van der Waals surface area (Å²) in [4.78, 5) is 11.5. The SMILES string of the molecule is CCC(N)C(=O)NC(C)c1ccc(F)cc1F. The van der Waals surface area contributed by atoms with Gasteiger partial charge < -0.3 is 11.1 Å². The normalized spacial score (nSPS) is 14.2. The number of benzene rings is 1. The van der Waals surface area contributed by atoms with Crippen molar-refractivity contribution in [2.24, 2.45) is 5.73 Å². The molecule has 0 aliphatic rings. The molecule has 1 aromatic carbocycles. The predicted octanol–water partition coefficient (Wildman–Crippen LogP) is 1.88. The van der Waals surface area contributed by atoms with Crippen LogP contribution in [0.25, 0.3) is 0 Å². The molecule has 0 aliphatic carbocycles. The Morgan fingerprint density at radius 3 is 2.65 bits per heavy atom. The van der Waals surface area contributed by atoms with Crippen LogP contribution in [-0.4, -0.2) is 11.9 Å². The van der Waals surface area contributed by atoms with Gasteiger partial charge in [-0.15, -0.1) is 0 Å². The van der Waals surface area contributed by atoms with Crippen molar-refractivity contribution in [3.63, 3.8) is 0 Å². The summed E-state index contributed by atoms with van der Waals surface area (Å²) in [6.07, 6.45) is 0.504. The van der Waals surface area contributed by atoms with Crippen LogP contribution in [0.3, 0.4) is 0 Å². The van der Waals surface area contributed by atoms with Crippen LogP contribution in [0.2, 0.25) is 0 Å². The number of hydrogen-bond acceptors (Lipinski definition) is 2. The molecule has 3 nitrogen and oxygen atoms in total. The van der Waals surface area contributed by atoms with E-state index in [1.807, 2.05) is 0 Å². The van der Waals surface area contributed by atoms with Crippen molar-refractivity contribution >= 4 is 5.91 Å². The maximum absolute atomic E-state index is 13.4. The van der Waals surface area contributed by atoms with Crippen LogP contribution in [0.5, 0.6) is 0 Å². The van der Waals surface area contributed by atoms with E-state index in [2.05, 4.69) is 5.32 Å². The second-order valence-corrected chi connectivity index (χ2v) is 3.91. The number of nitrogens with one attached hydrogen (secondary N) is 1. The van der Waals surface area contributed by atoms with E-state index in [-0.39, 0.29) is 11.5 Å². The summed E-state index contributed by atoms with van der Waals surface area (Å²) in [6, 6.07) is 2.10. The van der Waals surface area contributed by atoms with Gasteiger partial charge in [0.2, 0.25) is 5.91 Å². The number of halogens is 2. The number of hydrogen-bond donors (Lipinski definition) is 2. The van der Waals surface area contributed by atoms with Crippen molar-refractivity contribution in [2.45, 2.75) is 32.4 Å². The molecule has 1 amide bonds. The van der Waals surface area contributed by atoms with Crippen molar-refractivity contribution in [1.29, 1.82) is 0 Å². The molecule has 1 rings (SSSR count). The molecule has 0 spiro atoms. The Labute approximate surface area is 99.0 Å². The van der Waals surface area contributed by atoms with Crippen LogP contribution in [-0.2, 0) is 4.79 Å². The Morgan fingerprint density at radius 2 is 2.12 bits per heavy atom. The highest BCUT2D eigenvalue weighted by Crippen LogP contribution is 2.17. The summed E-state index contributed by atoms with van der Waals surface area (Å²) in [5.74, 6) is -1.67. The molecular weight excluding hydrogens is 226 g/mol. The van der Waals surface area contributed by atoms with Gasteiger partial charge in [0.1, 0.15) is 11.6 Å². The second kappa shape index (κ2) is 5.72. The van der Waals surface area contributed by atoms with E-state index in [0.717, 1.165) is 12.1 Å². The second-order valence-electron chi connectivity index (χ2n) is 3.91. The Kier molecular flexibility index (Phi) is 4.57. The minimum absolute atomic E-state index is 0.239. The zero-order chi connectivity index (χ0) is 13.0. The van der Waals surface area contributed by atoms with Gasteiger partial charge in [0.05, 0.1) is 12.1 Å². The molecule has 1 aromatic rings. The van der Waals surface area contributed by atoms with Crippen molar-refractivity contribution < 1.29 is 13.6 Å². The Morgan fingerprint density at radius 1 is 1.47 bits per heavy atom. The minimum Gasteiger partial charge on any atom is -0.348 e. The average Bonchev–Trinajstić information content (AvgIpc) is 2.27. The first kappa shape index (κ1) is 13.6. The van der Waals surface area contributed by atoms with Crippen molar-refractivity contribution in [3.8, 4) is 0 Å². The smallest absolute Gasteiger partial charge is 0.237 e. The van der Waals surface area contributed by atoms with Crippen LogP contribution < -0.4 is 11.1 Å². The number of carbonyl (C=O) groups is 1. The quantitative estimate of drug-likeness (QED) is 0.847. The molecule has 0 bridgehead atoms. The van der Waals surface area contributed by atoms with Crippen LogP contribution in [0.1, 0.15) is 31.9 Å². The molecule has 0 heterocycles. The maximum Gasteiger partial charge on any atom is 0.237 e. The van der Waals surface area contributed by atoms with Gasteiger partial charge in [0.25, 0.3) is 0 Å². The van der Waals surface area contributed by atoms with Gasteiger partial charge in [0, 0.05) is 11.6 Å². The van der Waals surface area contributed by atoms with Crippen LogP contribution in [0.15, 0.2) is 18.2 Å². The molecule has 94 valence electrons. The fourth-order valence-corrected chi connectivity index (χ4v) is 1.44. The van der Waals surface area contributed by atoms with Gasteiger partial charge in [-0.25, -0.2) is 8.78 Å². The first-order valence-electron chi connectivity index (χ1n) is 5.46. The molecule has 0 saturated heterocycles. The molecule has 2 atom stereocenters. The molecule has 0 radical (unpaired) electrons. The Balaban J connectivity index is 2.76. The summed E-state index contributed by atoms with van der Waals surface area (Å²) in [5, 5.41) is 2.58. The molecule has 3 N–H and O–H groups in total. The van der Waals surface area contributed by atoms with Crippen LogP contribution in [0, 0.1) is 11.6 Å². The van der Waals surface area contributed by atoms with E-state index in [1.165, 1.54) is 6.07 Å². The lowest BCUT2D eigenvalue weighted by Gasteiger charge is -2.17. The van der Waals surface area contributed by atoms with Crippen LogP contribution in [0.4, 0.5) is 8.78 Å². The van der Waals surface area contributed by atoms with E-state index >= 15 is 0 Å². The van der Waals surface area contributed by atoms with Gasteiger partial charge in [-0.05, 0) is 19.4 Å². The lowest BCUT2D eigenvalue weighted by molar-refractivity contribution is -0.123. The van der Waals surface area contributed by atoms with Gasteiger partial charge in [0.15, 0.2) is 0 Å². The summed E-state index contributed by atoms with van der Waals surface area (Å²) >= 11 is 0. The number of carbonyl (C=O) groups excluding carboxylic acids is 1. The first-order chi connectivity index (χ1) is 7.95. The van der Waals surface area contributed by atoms with E-state index in [1.54, 1.807) is 13.8 Å². The molecule has 2 unspecified atom stereocenters. The van der Waals surface area contributed by atoms with Crippen LogP contribution >= 0.6 is 0 Å². The molecule has 0 saturated carbocycles. The highest BCUT2D eigenvalue weighted by molar-refractivity contribution is 5.81. The molecule has 0 fully saturated rings. The standard InChI is InChI=1S/C12H16F2N2O/c1-3-11(15)12(17)16-7(2)9-5-4-8(13)6-10(9)14/h4-7,11H,3,15H2,1-2H3,(H,16,17). The van der Waals surface area contributed by atoms with Crippen molar-refractivity contribution in [1.82, 2.24) is 5.32 Å². The van der Waals surface area contributed by atoms with Gasteiger partial charge in [-0.3, -0.25) is 4.79 Å². The summed E-state index contributed by atoms with van der Waals surface area (Å²) < 4.78 is 26.1. The summed E-state index contributed by atoms with van der Waals surface area (Å²) in [6.45, 7) is 3.41. The van der Waals surface area contributed by atoms with E-state index < -0.39 is 23.7 Å². The van der Waals surface area contributed by atoms with E-state index in [4.69, 9.17) is 5.73 Å². The zero-order valence-electron chi connectivity index (χ0n) is 9.84. The lowest BCUT2D eigenvalue weighted by atomic mass is 10.1. The Bertz CT molecular complexity index is 409. The summed E-state index contributed by atoms with van der Waals surface area (Å²) in [7, 11) is 0. The van der Waals surface area contributed by atoms with Crippen molar-refractivity contribution in [3.05, 3.63) is 35.4 Å². The third-order valence-corrected chi connectivity index (χ3v) is 2.56. The highest BCUT2D eigenvalue weighted by atomic mass is 19.1. The van der Waals surface area contributed by atoms with E-state index in [9.17, 15) is 13.6 Å². The third kappa shape index (κ3) is 3.49. The average molecular weight is 242 g/mol. The van der Waals surface area contributed by atoms with E-state index in [0.29, 0.717) is 6.42 Å². The fraction of sp³-hybridized carbons (Fsp3) is 0.417. The lowest BCUT2D eigenvalue weighted by Crippen LogP contribution is -2.41. The monoisotopic (exact) mass is 242 g/mol. The molecular formula is C12H16F2N2O. The number of rotatable bonds is 4. The Hall–Kier alpha value is -1.49. The number of nitrogens with two attached hydrogens (primary N) is 1. The highest BCUT2D eigenvalue weighted by Gasteiger charge is 2.17. The predicted molar refractivity (Wildman–Crippen MR) is 61.2 cm³/mol. The van der Waals surface area contributed by atoms with Crippen molar-refractivity contribution in [2.75, 3.05) is 0 Å². The maximum atomic E-state index is 13.4. The van der Waals surface area contributed by atoms with Gasteiger partial charge >= 0.3 is 0 Å². The molecule has 0 aromatic heterocycles. The largest absolute Gasteiger partial charge is 0.348 e. The molecule has 17 heavy (non-hydrogen) atoms. The topological polar surface area (TPSA) is 55.1 Å². The zero-order valence-corrected chi connectivity index (χ0v) is 9.84. The van der Waals surface area contributed by atoms with Gasteiger partial charge in [-0.2, -0.15) is 0 Å². The third-order valence-electron chi connectivity index (χ3n) is 2.56. The fourth-order valence-electron chi connectivity index (χ4n) is 1.44. The molecule has 0 aliphatic heterocycles. The molecule has 5 heteroatoms.